The highest BCUT2D eigenvalue weighted by atomic mass is 19.1. The van der Waals surface area contributed by atoms with Crippen molar-refractivity contribution in [2.45, 2.75) is 124 Å². The molecule has 0 saturated carbocycles. The summed E-state index contributed by atoms with van der Waals surface area (Å²) in [4.78, 5) is 0. The minimum absolute atomic E-state index is 0.625. The van der Waals surface area contributed by atoms with E-state index in [1.165, 1.54) is 72.3 Å². The number of ether oxygens (including phenoxy) is 1. The Bertz CT molecular complexity index is 1330. The number of rotatable bonds is 0. The molecule has 0 radical (unpaired) electrons. The molecule has 10 heteroatoms. The lowest BCUT2D eigenvalue weighted by molar-refractivity contribution is 0.0796. The standard InChI is InChI=1S/C9H13FN2.2C8H12N2.C7H10N2O/c1-7-6-11-12-5-3-4-9(2,10)8(7)12;2*1-7-6-9-10-5-3-2-4-8(7)10;1-6-4-8-9-2-3-10-5-7(6)9/h6H,3-5H2,1-2H3;2*6H,2-5H2,1H3;4H,2-3,5H2,1H3. The Kier molecular flexibility index (Phi) is 9.60. The first kappa shape index (κ1) is 30.2. The van der Waals surface area contributed by atoms with Crippen LogP contribution in [0.25, 0.3) is 0 Å². The monoisotopic (exact) mass is 578 g/mol. The van der Waals surface area contributed by atoms with Gasteiger partial charge in [-0.1, -0.05) is 0 Å². The largest absolute Gasteiger partial charge is 0.373 e. The van der Waals surface area contributed by atoms with Gasteiger partial charge >= 0.3 is 0 Å². The summed E-state index contributed by atoms with van der Waals surface area (Å²) in [6, 6.07) is 0. The minimum Gasteiger partial charge on any atom is -0.373 e. The van der Waals surface area contributed by atoms with Crippen LogP contribution in [0.2, 0.25) is 0 Å². The lowest BCUT2D eigenvalue weighted by atomic mass is 9.93. The summed E-state index contributed by atoms with van der Waals surface area (Å²) in [5.74, 6) is 0. The van der Waals surface area contributed by atoms with Gasteiger partial charge in [0.05, 0.1) is 55.9 Å². The SMILES string of the molecule is Cc1cnn2c1C(C)(F)CCC2.Cc1cnn2c1CCCC2.Cc1cnn2c1CCCC2.Cc1cnn2c1COCC2. The number of alkyl halides is 1. The molecule has 42 heavy (non-hydrogen) atoms. The van der Waals surface area contributed by atoms with Gasteiger partial charge in [-0.2, -0.15) is 20.4 Å². The van der Waals surface area contributed by atoms with Crippen molar-refractivity contribution in [1.29, 1.82) is 0 Å². The molecule has 8 heterocycles. The molecule has 1 unspecified atom stereocenters. The fourth-order valence-corrected chi connectivity index (χ4v) is 6.37. The maximum atomic E-state index is 13.9. The molecule has 0 fully saturated rings. The van der Waals surface area contributed by atoms with Gasteiger partial charge in [0.25, 0.3) is 0 Å². The highest BCUT2D eigenvalue weighted by Gasteiger charge is 2.34. The van der Waals surface area contributed by atoms with E-state index >= 15 is 0 Å². The predicted octanol–water partition coefficient (Wildman–Crippen LogP) is 5.95. The van der Waals surface area contributed by atoms with Crippen LogP contribution < -0.4 is 0 Å². The zero-order valence-corrected chi connectivity index (χ0v) is 26.1. The van der Waals surface area contributed by atoms with Crippen molar-refractivity contribution in [3.8, 4) is 0 Å². The summed E-state index contributed by atoms with van der Waals surface area (Å²) in [5, 5.41) is 16.9. The number of hydrogen-bond donors (Lipinski definition) is 0. The summed E-state index contributed by atoms with van der Waals surface area (Å²) in [6.45, 7) is 15.5. The van der Waals surface area contributed by atoms with Crippen molar-refractivity contribution in [2.24, 2.45) is 0 Å². The van der Waals surface area contributed by atoms with Crippen molar-refractivity contribution in [1.82, 2.24) is 39.1 Å². The van der Waals surface area contributed by atoms with Gasteiger partial charge in [-0.15, -0.1) is 0 Å². The van der Waals surface area contributed by atoms with E-state index in [2.05, 4.69) is 50.5 Å². The second-order valence-corrected chi connectivity index (χ2v) is 12.2. The summed E-state index contributed by atoms with van der Waals surface area (Å²) in [6.07, 6.45) is 16.8. The highest BCUT2D eigenvalue weighted by Crippen LogP contribution is 2.36. The molecule has 9 nitrogen and oxygen atoms in total. The van der Waals surface area contributed by atoms with Crippen LogP contribution >= 0.6 is 0 Å². The Labute approximate surface area is 249 Å². The molecule has 0 aliphatic carbocycles. The van der Waals surface area contributed by atoms with E-state index in [1.807, 2.05) is 30.2 Å². The smallest absolute Gasteiger partial charge is 0.149 e. The maximum Gasteiger partial charge on any atom is 0.149 e. The summed E-state index contributed by atoms with van der Waals surface area (Å²) in [5.41, 5.74) is 8.66. The van der Waals surface area contributed by atoms with Crippen LogP contribution in [0.4, 0.5) is 4.39 Å². The third-order valence-electron chi connectivity index (χ3n) is 8.76. The van der Waals surface area contributed by atoms with Gasteiger partial charge in [-0.25, -0.2) is 4.39 Å². The van der Waals surface area contributed by atoms with Crippen molar-refractivity contribution in [2.75, 3.05) is 6.61 Å². The van der Waals surface area contributed by atoms with Gasteiger partial charge in [-0.3, -0.25) is 18.7 Å². The molecular weight excluding hydrogens is 531 g/mol. The number of nitrogens with zero attached hydrogens (tertiary/aromatic N) is 8. The molecule has 228 valence electrons. The van der Waals surface area contributed by atoms with Crippen LogP contribution in [0.15, 0.2) is 24.8 Å². The third-order valence-corrected chi connectivity index (χ3v) is 8.76. The molecule has 4 aromatic heterocycles. The second-order valence-electron chi connectivity index (χ2n) is 12.2. The molecule has 8 rings (SSSR count). The fourth-order valence-electron chi connectivity index (χ4n) is 6.37. The first-order valence-electron chi connectivity index (χ1n) is 15.6. The number of fused-ring (bicyclic) bond motifs is 4. The van der Waals surface area contributed by atoms with Gasteiger partial charge in [0.2, 0.25) is 0 Å². The van der Waals surface area contributed by atoms with Crippen molar-refractivity contribution in [3.63, 3.8) is 0 Å². The van der Waals surface area contributed by atoms with Crippen LogP contribution in [-0.2, 0) is 56.0 Å². The highest BCUT2D eigenvalue weighted by molar-refractivity contribution is 5.23. The van der Waals surface area contributed by atoms with E-state index in [0.717, 1.165) is 57.1 Å². The molecule has 4 aliphatic heterocycles. The summed E-state index contributed by atoms with van der Waals surface area (Å²) >= 11 is 0. The lowest BCUT2D eigenvalue weighted by Gasteiger charge is -2.27. The zero-order chi connectivity index (χ0) is 29.7. The Balaban J connectivity index is 0.000000112. The molecule has 0 bridgehead atoms. The van der Waals surface area contributed by atoms with Crippen LogP contribution in [-0.4, -0.2) is 45.7 Å². The second kappa shape index (κ2) is 13.4. The molecule has 4 aromatic rings. The Morgan fingerprint density at radius 2 is 1.10 bits per heavy atom. The van der Waals surface area contributed by atoms with E-state index in [0.29, 0.717) is 6.42 Å². The lowest BCUT2D eigenvalue weighted by Crippen LogP contribution is -2.27. The molecule has 0 amide bonds. The molecule has 4 aliphatic rings. The first-order valence-corrected chi connectivity index (χ1v) is 15.6. The topological polar surface area (TPSA) is 80.5 Å². The fraction of sp³-hybridized carbons (Fsp3) is 0.625. The average molecular weight is 579 g/mol. The first-order chi connectivity index (χ1) is 20.2. The Morgan fingerprint density at radius 3 is 1.62 bits per heavy atom. The van der Waals surface area contributed by atoms with Crippen LogP contribution in [0.5, 0.6) is 0 Å². The average Bonchev–Trinajstić information content (AvgIpc) is 3.78. The van der Waals surface area contributed by atoms with Crippen molar-refractivity contribution >= 4 is 0 Å². The molecular formula is C32H47FN8O. The molecule has 0 N–H and O–H groups in total. The van der Waals surface area contributed by atoms with Crippen molar-refractivity contribution in [3.05, 3.63) is 69.8 Å². The number of aryl methyl sites for hydroxylation is 7. The van der Waals surface area contributed by atoms with Gasteiger partial charge in [0.1, 0.15) is 5.67 Å². The van der Waals surface area contributed by atoms with Gasteiger partial charge < -0.3 is 4.74 Å². The summed E-state index contributed by atoms with van der Waals surface area (Å²) < 4.78 is 27.3. The number of hydrogen-bond acceptors (Lipinski definition) is 5. The van der Waals surface area contributed by atoms with Gasteiger partial charge in [0, 0.05) is 31.0 Å². The van der Waals surface area contributed by atoms with E-state index < -0.39 is 5.67 Å². The molecule has 0 aromatic carbocycles. The van der Waals surface area contributed by atoms with Gasteiger partial charge in [-0.05, 0) is 108 Å². The summed E-state index contributed by atoms with van der Waals surface area (Å²) in [7, 11) is 0. The minimum atomic E-state index is -1.17. The van der Waals surface area contributed by atoms with E-state index in [1.54, 1.807) is 17.8 Å². The van der Waals surface area contributed by atoms with Crippen LogP contribution in [0.3, 0.4) is 0 Å². The molecule has 0 saturated heterocycles. The normalized spacial score (nSPS) is 20.2. The van der Waals surface area contributed by atoms with E-state index in [-0.39, 0.29) is 0 Å². The molecule has 1 atom stereocenters. The number of halogens is 1. The van der Waals surface area contributed by atoms with E-state index in [4.69, 9.17) is 4.74 Å². The quantitative estimate of drug-likeness (QED) is 0.258. The zero-order valence-electron chi connectivity index (χ0n) is 26.1. The maximum absolute atomic E-state index is 13.9. The Hall–Kier alpha value is -3.27. The number of aromatic nitrogens is 8. The molecule has 0 spiro atoms. The third kappa shape index (κ3) is 6.85. The van der Waals surface area contributed by atoms with Gasteiger partial charge in [0.15, 0.2) is 0 Å². The van der Waals surface area contributed by atoms with Crippen molar-refractivity contribution < 1.29 is 9.13 Å². The van der Waals surface area contributed by atoms with Crippen LogP contribution in [0, 0.1) is 27.7 Å². The Morgan fingerprint density at radius 1 is 0.619 bits per heavy atom. The predicted molar refractivity (Wildman–Crippen MR) is 161 cm³/mol. The van der Waals surface area contributed by atoms with Crippen LogP contribution in [0.1, 0.15) is 90.5 Å². The van der Waals surface area contributed by atoms with E-state index in [9.17, 15) is 4.39 Å².